The molecule has 3 atom stereocenters. The number of nitrogens with one attached hydrogen (secondary N) is 1. The summed E-state index contributed by atoms with van der Waals surface area (Å²) in [5.74, 6) is -0.554. The van der Waals surface area contributed by atoms with Gasteiger partial charge in [0.15, 0.2) is 0 Å². The fourth-order valence-corrected chi connectivity index (χ4v) is 8.20. The molecule has 0 radical (unpaired) electrons. The van der Waals surface area contributed by atoms with Crippen molar-refractivity contribution in [2.45, 2.75) is 283 Å². The fraction of sp³-hybridized carbons (Fsp3) is 0.738. The molecule has 0 aromatic carbocycles. The number of amides is 1. The summed E-state index contributed by atoms with van der Waals surface area (Å²) in [5.41, 5.74) is 0. The van der Waals surface area contributed by atoms with Gasteiger partial charge < -0.3 is 20.3 Å². The van der Waals surface area contributed by atoms with Gasteiger partial charge in [-0.3, -0.25) is 9.59 Å². The number of allylic oxidation sites excluding steroid dienone is 14. The molecular formula is C61H107NO5. The minimum absolute atomic E-state index is 0.0274. The van der Waals surface area contributed by atoms with Crippen LogP contribution in [0.2, 0.25) is 0 Å². The molecule has 3 unspecified atom stereocenters. The molecule has 6 nitrogen and oxygen atoms in total. The molecule has 0 aromatic heterocycles. The maximum Gasteiger partial charge on any atom is 0.306 e. The molecule has 0 aliphatic rings. The lowest BCUT2D eigenvalue weighted by molar-refractivity contribution is -0.151. The maximum atomic E-state index is 13.3. The summed E-state index contributed by atoms with van der Waals surface area (Å²) in [7, 11) is 0. The van der Waals surface area contributed by atoms with Gasteiger partial charge in [0, 0.05) is 6.42 Å². The molecule has 0 aromatic rings. The van der Waals surface area contributed by atoms with Gasteiger partial charge in [0.25, 0.3) is 0 Å². The Morgan fingerprint density at radius 3 is 1.28 bits per heavy atom. The van der Waals surface area contributed by atoms with Crippen LogP contribution in [0.3, 0.4) is 0 Å². The number of aliphatic hydroxyl groups excluding tert-OH is 2. The van der Waals surface area contributed by atoms with E-state index in [1.165, 1.54) is 116 Å². The second kappa shape index (κ2) is 54.0. The third kappa shape index (κ3) is 49.3. The molecule has 0 bridgehead atoms. The molecule has 0 heterocycles. The Balaban J connectivity index is 4.67. The van der Waals surface area contributed by atoms with Crippen molar-refractivity contribution in [2.75, 3.05) is 6.61 Å². The predicted octanol–water partition coefficient (Wildman–Crippen LogP) is 17.5. The van der Waals surface area contributed by atoms with Crippen LogP contribution < -0.4 is 5.32 Å². The summed E-state index contributed by atoms with van der Waals surface area (Å²) < 4.78 is 5.91. The summed E-state index contributed by atoms with van der Waals surface area (Å²) in [6.07, 6.45) is 70.8. The summed E-state index contributed by atoms with van der Waals surface area (Å²) in [6, 6.07) is -0.729. The molecule has 0 aliphatic heterocycles. The number of esters is 1. The van der Waals surface area contributed by atoms with Crippen LogP contribution in [-0.4, -0.2) is 46.9 Å². The Hall–Kier alpha value is -2.96. The third-order valence-electron chi connectivity index (χ3n) is 12.5. The van der Waals surface area contributed by atoms with Crippen molar-refractivity contribution >= 4 is 11.9 Å². The lowest BCUT2D eigenvalue weighted by atomic mass is 10.0. The first-order chi connectivity index (χ1) is 33.0. The molecule has 386 valence electrons. The monoisotopic (exact) mass is 934 g/mol. The van der Waals surface area contributed by atoms with E-state index in [2.05, 4.69) is 111 Å². The highest BCUT2D eigenvalue weighted by Crippen LogP contribution is 2.17. The smallest absolute Gasteiger partial charge is 0.306 e. The van der Waals surface area contributed by atoms with Crippen molar-refractivity contribution in [2.24, 2.45) is 0 Å². The van der Waals surface area contributed by atoms with Crippen LogP contribution in [0.4, 0.5) is 0 Å². The Morgan fingerprint density at radius 1 is 0.448 bits per heavy atom. The number of ether oxygens (including phenoxy) is 1. The van der Waals surface area contributed by atoms with Crippen LogP contribution in [0.1, 0.15) is 265 Å². The number of aliphatic hydroxyl groups is 2. The molecule has 67 heavy (non-hydrogen) atoms. The summed E-state index contributed by atoms with van der Waals surface area (Å²) in [4.78, 5) is 26.2. The lowest BCUT2D eigenvalue weighted by Gasteiger charge is -2.24. The standard InChI is InChI=1S/C61H107NO5/c1-4-7-10-13-16-19-22-25-28-30-32-34-37-40-43-46-49-52-57(67-61(66)54-51-48-45-42-39-36-27-24-21-18-15-12-9-6-3)55-60(65)62-58(56-63)59(64)53-50-47-44-41-38-35-33-31-29-26-23-20-17-14-11-8-5-2/h9,12,16,18-19,21,25,27-28,32,34,36,40,43,57-59,63-64H,4-8,10-11,13-15,17,20,22-24,26,29-31,33,35,37-39,41-42,44-56H2,1-3H3,(H,62,65)/b12-9+,19-16-,21-18+,28-25-,34-32-,36-27+,43-40-. The molecule has 0 aliphatic carbocycles. The van der Waals surface area contributed by atoms with Gasteiger partial charge in [0.05, 0.1) is 25.2 Å². The number of carbonyl (C=O) groups excluding carboxylic acids is 2. The van der Waals surface area contributed by atoms with Crippen LogP contribution in [0.15, 0.2) is 85.1 Å². The first-order valence-electron chi connectivity index (χ1n) is 28.3. The van der Waals surface area contributed by atoms with E-state index >= 15 is 0 Å². The summed E-state index contributed by atoms with van der Waals surface area (Å²) in [6.45, 7) is 6.34. The number of rotatable bonds is 50. The Labute approximate surface area is 414 Å². The Morgan fingerprint density at radius 2 is 0.821 bits per heavy atom. The number of hydrogen-bond donors (Lipinski definition) is 3. The minimum atomic E-state index is -0.811. The quantitative estimate of drug-likeness (QED) is 0.0321. The van der Waals surface area contributed by atoms with Crippen molar-refractivity contribution in [3.8, 4) is 0 Å². The normalized spacial score (nSPS) is 13.8. The molecule has 1 amide bonds. The molecule has 0 fully saturated rings. The average molecular weight is 935 g/mol. The van der Waals surface area contributed by atoms with Gasteiger partial charge in [-0.2, -0.15) is 0 Å². The zero-order chi connectivity index (χ0) is 48.8. The minimum Gasteiger partial charge on any atom is -0.462 e. The van der Waals surface area contributed by atoms with Crippen LogP contribution in [0.25, 0.3) is 0 Å². The van der Waals surface area contributed by atoms with Crippen LogP contribution in [-0.2, 0) is 14.3 Å². The van der Waals surface area contributed by atoms with E-state index in [9.17, 15) is 19.8 Å². The largest absolute Gasteiger partial charge is 0.462 e. The van der Waals surface area contributed by atoms with E-state index in [4.69, 9.17) is 4.74 Å². The zero-order valence-electron chi connectivity index (χ0n) is 44.0. The van der Waals surface area contributed by atoms with Gasteiger partial charge in [0.2, 0.25) is 5.91 Å². The molecule has 3 N–H and O–H groups in total. The highest BCUT2D eigenvalue weighted by molar-refractivity contribution is 5.77. The fourth-order valence-electron chi connectivity index (χ4n) is 8.20. The van der Waals surface area contributed by atoms with Crippen LogP contribution in [0, 0.1) is 0 Å². The van der Waals surface area contributed by atoms with Crippen molar-refractivity contribution in [3.05, 3.63) is 85.1 Å². The van der Waals surface area contributed by atoms with Gasteiger partial charge in [-0.05, 0) is 96.3 Å². The van der Waals surface area contributed by atoms with E-state index in [1.54, 1.807) is 0 Å². The number of unbranched alkanes of at least 4 members (excludes halogenated alkanes) is 24. The number of carbonyl (C=O) groups is 2. The molecule has 6 heteroatoms. The van der Waals surface area contributed by atoms with E-state index < -0.39 is 18.2 Å². The topological polar surface area (TPSA) is 95.9 Å². The highest BCUT2D eigenvalue weighted by atomic mass is 16.5. The van der Waals surface area contributed by atoms with E-state index in [-0.39, 0.29) is 24.9 Å². The Bertz CT molecular complexity index is 1280. The average Bonchev–Trinajstić information content (AvgIpc) is 3.32. The first-order valence-corrected chi connectivity index (χ1v) is 28.3. The summed E-state index contributed by atoms with van der Waals surface area (Å²) >= 11 is 0. The summed E-state index contributed by atoms with van der Waals surface area (Å²) in [5, 5.41) is 23.9. The third-order valence-corrected chi connectivity index (χ3v) is 12.5. The van der Waals surface area contributed by atoms with Crippen LogP contribution >= 0.6 is 0 Å². The Kier molecular flexibility index (Phi) is 51.6. The van der Waals surface area contributed by atoms with Gasteiger partial charge >= 0.3 is 5.97 Å². The van der Waals surface area contributed by atoms with Crippen molar-refractivity contribution in [3.63, 3.8) is 0 Å². The van der Waals surface area contributed by atoms with Crippen molar-refractivity contribution in [1.29, 1.82) is 0 Å². The maximum absolute atomic E-state index is 13.3. The van der Waals surface area contributed by atoms with Crippen molar-refractivity contribution < 1.29 is 24.5 Å². The van der Waals surface area contributed by atoms with E-state index in [1.807, 2.05) is 0 Å². The van der Waals surface area contributed by atoms with Gasteiger partial charge in [-0.25, -0.2) is 0 Å². The SMILES string of the molecule is CC/C=C/C/C=C/C/C=C/CCCCCCC(=O)OC(CCC/C=C\C/C=C\C/C=C\C/C=C\CCCCC)CC(=O)NC(CO)C(O)CCCCCCCCCCCCCCCCCCC. The second-order valence-corrected chi connectivity index (χ2v) is 19.0. The van der Waals surface area contributed by atoms with Gasteiger partial charge in [-0.15, -0.1) is 0 Å². The second-order valence-electron chi connectivity index (χ2n) is 19.0. The van der Waals surface area contributed by atoms with E-state index in [0.717, 1.165) is 103 Å². The van der Waals surface area contributed by atoms with E-state index in [0.29, 0.717) is 19.3 Å². The molecular weight excluding hydrogens is 827 g/mol. The zero-order valence-corrected chi connectivity index (χ0v) is 44.0. The molecule has 0 saturated heterocycles. The highest BCUT2D eigenvalue weighted by Gasteiger charge is 2.24. The van der Waals surface area contributed by atoms with Gasteiger partial charge in [-0.1, -0.05) is 241 Å². The van der Waals surface area contributed by atoms with Crippen LogP contribution in [0.5, 0.6) is 0 Å². The molecule has 0 rings (SSSR count). The number of hydrogen-bond acceptors (Lipinski definition) is 5. The van der Waals surface area contributed by atoms with Crippen molar-refractivity contribution in [1.82, 2.24) is 5.32 Å². The predicted molar refractivity (Wildman–Crippen MR) is 291 cm³/mol. The molecule has 0 spiro atoms. The van der Waals surface area contributed by atoms with Gasteiger partial charge in [0.1, 0.15) is 6.10 Å². The first kappa shape index (κ1) is 64.0. The lowest BCUT2D eigenvalue weighted by Crippen LogP contribution is -2.46. The molecule has 0 saturated carbocycles.